The number of hydrogen-bond acceptors (Lipinski definition) is 2. The molecule has 15 heavy (non-hydrogen) atoms. The molecule has 88 valence electrons. The van der Waals surface area contributed by atoms with E-state index in [1.54, 1.807) is 0 Å². The molecule has 3 nitrogen and oxygen atoms in total. The summed E-state index contributed by atoms with van der Waals surface area (Å²) in [4.78, 5) is 11.3. The van der Waals surface area contributed by atoms with E-state index < -0.39 is 0 Å². The third kappa shape index (κ3) is 4.51. The molecule has 4 heteroatoms. The largest absolute Gasteiger partial charge is 0.372 e. The first kappa shape index (κ1) is 13.0. The minimum atomic E-state index is 0.0112. The lowest BCUT2D eigenvalue weighted by atomic mass is 9.98. The van der Waals surface area contributed by atoms with Crippen molar-refractivity contribution in [2.24, 2.45) is 11.8 Å². The van der Waals surface area contributed by atoms with Crippen molar-refractivity contribution in [2.75, 3.05) is 25.1 Å². The zero-order valence-electron chi connectivity index (χ0n) is 9.30. The number of amides is 1. The summed E-state index contributed by atoms with van der Waals surface area (Å²) >= 11 is 3.53. The Morgan fingerprint density at radius 2 is 2.20 bits per heavy atom. The molecule has 0 heterocycles. The van der Waals surface area contributed by atoms with Gasteiger partial charge in [0.25, 0.3) is 0 Å². The van der Waals surface area contributed by atoms with Crippen LogP contribution in [0.4, 0.5) is 0 Å². The Labute approximate surface area is 100 Å². The van der Waals surface area contributed by atoms with Crippen molar-refractivity contribution in [3.63, 3.8) is 0 Å². The molecule has 0 bridgehead atoms. The van der Waals surface area contributed by atoms with Crippen LogP contribution in [0.3, 0.4) is 0 Å². The van der Waals surface area contributed by atoms with Gasteiger partial charge in [0.15, 0.2) is 0 Å². The van der Waals surface area contributed by atoms with Crippen LogP contribution >= 0.6 is 15.9 Å². The van der Waals surface area contributed by atoms with Crippen molar-refractivity contribution in [1.82, 2.24) is 5.32 Å². The first-order valence-corrected chi connectivity index (χ1v) is 6.80. The summed E-state index contributed by atoms with van der Waals surface area (Å²) in [6.45, 7) is 3.50. The van der Waals surface area contributed by atoms with Crippen molar-refractivity contribution in [2.45, 2.75) is 26.2 Å². The van der Waals surface area contributed by atoms with Gasteiger partial charge in [-0.15, -0.1) is 0 Å². The molecule has 1 rings (SSSR count). The second-order valence-electron chi connectivity index (χ2n) is 4.05. The van der Waals surface area contributed by atoms with Gasteiger partial charge in [-0.05, 0) is 31.6 Å². The van der Waals surface area contributed by atoms with Crippen LogP contribution in [0.25, 0.3) is 0 Å². The first-order valence-electron chi connectivity index (χ1n) is 5.68. The summed E-state index contributed by atoms with van der Waals surface area (Å²) < 4.78 is 5.04. The van der Waals surface area contributed by atoms with Gasteiger partial charge in [-0.3, -0.25) is 4.79 Å². The Bertz CT molecular complexity index is 199. The van der Waals surface area contributed by atoms with E-state index in [1.807, 2.05) is 6.92 Å². The smallest absolute Gasteiger partial charge is 0.246 e. The maximum atomic E-state index is 11.3. The Hall–Kier alpha value is -0.0900. The molecule has 1 amide bonds. The highest BCUT2D eigenvalue weighted by Gasteiger charge is 2.26. The van der Waals surface area contributed by atoms with E-state index in [9.17, 15) is 4.79 Å². The fourth-order valence-corrected chi connectivity index (χ4v) is 2.93. The summed E-state index contributed by atoms with van der Waals surface area (Å²) in [5.74, 6) is 1.39. The lowest BCUT2D eigenvalue weighted by Gasteiger charge is -2.17. The standard InChI is InChI=1S/C11H20BrNO2/c1-2-15-8-11(14)13-7-10-5-3-4-9(10)6-12/h9-10H,2-8H2,1H3,(H,13,14). The van der Waals surface area contributed by atoms with Gasteiger partial charge >= 0.3 is 0 Å². The molecule has 1 aliphatic carbocycles. The van der Waals surface area contributed by atoms with Crippen LogP contribution in [0.2, 0.25) is 0 Å². The van der Waals surface area contributed by atoms with E-state index in [1.165, 1.54) is 19.3 Å². The number of halogens is 1. The number of carbonyl (C=O) groups excluding carboxylic acids is 1. The Morgan fingerprint density at radius 3 is 2.87 bits per heavy atom. The van der Waals surface area contributed by atoms with Crippen LogP contribution in [0.1, 0.15) is 26.2 Å². The van der Waals surface area contributed by atoms with Gasteiger partial charge in [0.2, 0.25) is 5.91 Å². The van der Waals surface area contributed by atoms with Crippen molar-refractivity contribution in [3.8, 4) is 0 Å². The fraction of sp³-hybridized carbons (Fsp3) is 0.909. The maximum Gasteiger partial charge on any atom is 0.246 e. The van der Waals surface area contributed by atoms with Crippen molar-refractivity contribution in [3.05, 3.63) is 0 Å². The molecule has 0 radical (unpaired) electrons. The molecule has 0 aliphatic heterocycles. The van der Waals surface area contributed by atoms with Crippen molar-refractivity contribution < 1.29 is 9.53 Å². The number of hydrogen-bond donors (Lipinski definition) is 1. The number of rotatable bonds is 6. The molecule has 1 fully saturated rings. The molecular formula is C11H20BrNO2. The minimum Gasteiger partial charge on any atom is -0.372 e. The second kappa shape index (κ2) is 7.23. The number of ether oxygens (including phenoxy) is 1. The van der Waals surface area contributed by atoms with Gasteiger partial charge in [0.05, 0.1) is 0 Å². The molecule has 0 aromatic heterocycles. The molecule has 1 saturated carbocycles. The summed E-state index contributed by atoms with van der Waals surface area (Å²) in [6.07, 6.45) is 3.82. The molecule has 1 N–H and O–H groups in total. The number of alkyl halides is 1. The van der Waals surface area contributed by atoms with Crippen LogP contribution in [0, 0.1) is 11.8 Å². The van der Waals surface area contributed by atoms with Gasteiger partial charge in [0.1, 0.15) is 6.61 Å². The van der Waals surface area contributed by atoms with Gasteiger partial charge in [0, 0.05) is 18.5 Å². The third-order valence-corrected chi connectivity index (χ3v) is 3.85. The van der Waals surface area contributed by atoms with E-state index >= 15 is 0 Å². The van der Waals surface area contributed by atoms with Gasteiger partial charge < -0.3 is 10.1 Å². The van der Waals surface area contributed by atoms with Crippen molar-refractivity contribution >= 4 is 21.8 Å². The molecule has 0 spiro atoms. The monoisotopic (exact) mass is 277 g/mol. The molecule has 0 aromatic rings. The van der Waals surface area contributed by atoms with E-state index in [2.05, 4.69) is 21.2 Å². The highest BCUT2D eigenvalue weighted by Crippen LogP contribution is 2.32. The van der Waals surface area contributed by atoms with E-state index in [0.29, 0.717) is 12.5 Å². The lowest BCUT2D eigenvalue weighted by molar-refractivity contribution is -0.125. The normalized spacial score (nSPS) is 25.5. The molecule has 2 unspecified atom stereocenters. The summed E-state index contributed by atoms with van der Waals surface area (Å²) in [6, 6.07) is 0. The quantitative estimate of drug-likeness (QED) is 0.754. The van der Waals surface area contributed by atoms with E-state index in [4.69, 9.17) is 4.74 Å². The number of carbonyl (C=O) groups is 1. The van der Waals surface area contributed by atoms with Crippen LogP contribution in [-0.2, 0) is 9.53 Å². The average Bonchev–Trinajstić information content (AvgIpc) is 2.70. The second-order valence-corrected chi connectivity index (χ2v) is 4.69. The average molecular weight is 278 g/mol. The SMILES string of the molecule is CCOCC(=O)NCC1CCCC1CBr. The van der Waals surface area contributed by atoms with Crippen molar-refractivity contribution in [1.29, 1.82) is 0 Å². The number of nitrogens with one attached hydrogen (secondary N) is 1. The van der Waals surface area contributed by atoms with Gasteiger partial charge in [-0.25, -0.2) is 0 Å². The van der Waals surface area contributed by atoms with Crippen LogP contribution in [0.15, 0.2) is 0 Å². The minimum absolute atomic E-state index is 0.0112. The molecule has 0 aromatic carbocycles. The first-order chi connectivity index (χ1) is 7.27. The van der Waals surface area contributed by atoms with E-state index in [-0.39, 0.29) is 12.5 Å². The Kier molecular flexibility index (Phi) is 6.25. The Balaban J connectivity index is 2.15. The summed E-state index contributed by atoms with van der Waals surface area (Å²) in [5, 5.41) is 3.99. The third-order valence-electron chi connectivity index (χ3n) is 3.01. The predicted octanol–water partition coefficient (Wildman–Crippen LogP) is 1.95. The topological polar surface area (TPSA) is 38.3 Å². The van der Waals surface area contributed by atoms with Crippen LogP contribution in [0.5, 0.6) is 0 Å². The highest BCUT2D eigenvalue weighted by molar-refractivity contribution is 9.09. The summed E-state index contributed by atoms with van der Waals surface area (Å²) in [7, 11) is 0. The molecule has 2 atom stereocenters. The lowest BCUT2D eigenvalue weighted by Crippen LogP contribution is -2.33. The molecule has 0 saturated heterocycles. The fourth-order valence-electron chi connectivity index (χ4n) is 2.08. The maximum absolute atomic E-state index is 11.3. The summed E-state index contributed by atoms with van der Waals surface area (Å²) in [5.41, 5.74) is 0. The molecule has 1 aliphatic rings. The predicted molar refractivity (Wildman–Crippen MR) is 64.1 cm³/mol. The van der Waals surface area contributed by atoms with Gasteiger partial charge in [-0.1, -0.05) is 22.4 Å². The zero-order valence-corrected chi connectivity index (χ0v) is 10.9. The van der Waals surface area contributed by atoms with E-state index in [0.717, 1.165) is 17.8 Å². The van der Waals surface area contributed by atoms with Crippen LogP contribution < -0.4 is 5.32 Å². The van der Waals surface area contributed by atoms with Gasteiger partial charge in [-0.2, -0.15) is 0 Å². The zero-order chi connectivity index (χ0) is 11.1. The van der Waals surface area contributed by atoms with Crippen LogP contribution in [-0.4, -0.2) is 31.0 Å². The Morgan fingerprint density at radius 1 is 1.47 bits per heavy atom. The molecular weight excluding hydrogens is 258 g/mol. The highest BCUT2D eigenvalue weighted by atomic mass is 79.9.